The standard InChI is InChI=1S/C15H16BrClN4O3S2/c1-20(2)26(23,24)21-6-5-12-13(8-21)25-15(18-12)19-14(22)10-7-9(16)3-4-11(10)17/h3-4,7H,5-6,8H2,1-2H3,(H,18,19,22). The SMILES string of the molecule is CN(C)S(=O)(=O)N1CCc2nc(NC(=O)c3cc(Br)ccc3Cl)sc2C1. The molecule has 2 heterocycles. The van der Waals surface area contributed by atoms with Gasteiger partial charge in [0.05, 0.1) is 22.8 Å². The quantitative estimate of drug-likeness (QED) is 0.731. The second-order valence-electron chi connectivity index (χ2n) is 5.84. The Hall–Kier alpha value is -1.04. The molecule has 0 unspecified atom stereocenters. The van der Waals surface area contributed by atoms with E-state index >= 15 is 0 Å². The minimum atomic E-state index is -3.47. The number of benzene rings is 1. The van der Waals surface area contributed by atoms with Gasteiger partial charge in [0.2, 0.25) is 0 Å². The zero-order chi connectivity index (χ0) is 19.1. The van der Waals surface area contributed by atoms with Crippen molar-refractivity contribution in [2.24, 2.45) is 0 Å². The topological polar surface area (TPSA) is 82.6 Å². The number of thiazole rings is 1. The number of halogens is 2. The molecule has 11 heteroatoms. The maximum Gasteiger partial charge on any atom is 0.281 e. The molecule has 1 aromatic carbocycles. The van der Waals surface area contributed by atoms with Gasteiger partial charge in [-0.3, -0.25) is 10.1 Å². The van der Waals surface area contributed by atoms with Crippen molar-refractivity contribution in [2.45, 2.75) is 13.0 Å². The zero-order valence-corrected chi connectivity index (χ0v) is 18.0. The molecular weight excluding hydrogens is 464 g/mol. The highest BCUT2D eigenvalue weighted by atomic mass is 79.9. The lowest BCUT2D eigenvalue weighted by Gasteiger charge is -2.27. The molecule has 26 heavy (non-hydrogen) atoms. The van der Waals surface area contributed by atoms with Gasteiger partial charge in [-0.2, -0.15) is 17.0 Å². The molecule has 1 aromatic heterocycles. The molecule has 0 saturated heterocycles. The summed E-state index contributed by atoms with van der Waals surface area (Å²) in [5.74, 6) is -0.361. The van der Waals surface area contributed by atoms with Crippen molar-refractivity contribution >= 4 is 60.1 Å². The van der Waals surface area contributed by atoms with Crippen LogP contribution in [0.5, 0.6) is 0 Å². The number of fused-ring (bicyclic) bond motifs is 1. The number of amides is 1. The first-order valence-electron chi connectivity index (χ1n) is 7.61. The van der Waals surface area contributed by atoms with E-state index in [1.54, 1.807) is 18.2 Å². The van der Waals surface area contributed by atoms with Crippen molar-refractivity contribution in [1.29, 1.82) is 0 Å². The minimum Gasteiger partial charge on any atom is -0.298 e. The lowest BCUT2D eigenvalue weighted by atomic mass is 10.2. The summed E-state index contributed by atoms with van der Waals surface area (Å²) in [6.45, 7) is 0.614. The Kier molecular flexibility index (Phi) is 5.71. The Labute approximate surface area is 169 Å². The van der Waals surface area contributed by atoms with E-state index in [9.17, 15) is 13.2 Å². The maximum atomic E-state index is 12.5. The number of carbonyl (C=O) groups is 1. The number of nitrogens with one attached hydrogen (secondary N) is 1. The molecule has 140 valence electrons. The van der Waals surface area contributed by atoms with E-state index < -0.39 is 10.2 Å². The van der Waals surface area contributed by atoms with Crippen LogP contribution in [0.4, 0.5) is 5.13 Å². The number of hydrogen-bond acceptors (Lipinski definition) is 5. The predicted octanol–water partition coefficient (Wildman–Crippen LogP) is 2.98. The summed E-state index contributed by atoms with van der Waals surface area (Å²) in [5.41, 5.74) is 1.15. The fraction of sp³-hybridized carbons (Fsp3) is 0.333. The van der Waals surface area contributed by atoms with E-state index in [0.717, 1.165) is 15.0 Å². The molecule has 3 rings (SSSR count). The molecule has 0 atom stereocenters. The monoisotopic (exact) mass is 478 g/mol. The average molecular weight is 480 g/mol. The minimum absolute atomic E-state index is 0.251. The van der Waals surface area contributed by atoms with Crippen LogP contribution in [0.1, 0.15) is 20.9 Å². The van der Waals surface area contributed by atoms with E-state index in [2.05, 4.69) is 26.2 Å². The molecule has 1 amide bonds. The van der Waals surface area contributed by atoms with Crippen molar-refractivity contribution in [3.05, 3.63) is 43.8 Å². The first kappa shape index (κ1) is 19.7. The van der Waals surface area contributed by atoms with Gasteiger partial charge >= 0.3 is 0 Å². The van der Waals surface area contributed by atoms with Gasteiger partial charge in [-0.25, -0.2) is 4.98 Å². The van der Waals surface area contributed by atoms with Crippen LogP contribution in [-0.4, -0.2) is 48.6 Å². The van der Waals surface area contributed by atoms with Gasteiger partial charge in [0, 0.05) is 36.4 Å². The van der Waals surface area contributed by atoms with Crippen molar-refractivity contribution in [3.8, 4) is 0 Å². The second-order valence-corrected chi connectivity index (χ2v) is 10.4. The molecule has 1 aliphatic rings. The van der Waals surface area contributed by atoms with Gasteiger partial charge in [-0.1, -0.05) is 27.5 Å². The van der Waals surface area contributed by atoms with Crippen LogP contribution < -0.4 is 5.32 Å². The van der Waals surface area contributed by atoms with Gasteiger partial charge in [0.1, 0.15) is 0 Å². The van der Waals surface area contributed by atoms with E-state index in [0.29, 0.717) is 28.7 Å². The summed E-state index contributed by atoms with van der Waals surface area (Å²) < 4.78 is 27.9. The number of nitrogens with zero attached hydrogens (tertiary/aromatic N) is 3. The van der Waals surface area contributed by atoms with Crippen LogP contribution >= 0.6 is 38.9 Å². The number of hydrogen-bond donors (Lipinski definition) is 1. The molecule has 0 bridgehead atoms. The molecular formula is C15H16BrClN4O3S2. The molecule has 2 aromatic rings. The summed E-state index contributed by atoms with van der Waals surface area (Å²) in [6, 6.07) is 5.02. The van der Waals surface area contributed by atoms with Crippen molar-refractivity contribution in [2.75, 3.05) is 26.0 Å². The van der Waals surface area contributed by atoms with Gasteiger partial charge in [0.15, 0.2) is 5.13 Å². The molecule has 7 nitrogen and oxygen atoms in total. The Morgan fingerprint density at radius 2 is 2.15 bits per heavy atom. The van der Waals surface area contributed by atoms with Gasteiger partial charge in [0.25, 0.3) is 16.1 Å². The molecule has 0 spiro atoms. The summed E-state index contributed by atoms with van der Waals surface area (Å²) in [7, 11) is -0.465. The van der Waals surface area contributed by atoms with Gasteiger partial charge in [-0.15, -0.1) is 11.3 Å². The number of rotatable bonds is 4. The summed E-state index contributed by atoms with van der Waals surface area (Å²) >= 11 is 10.7. The first-order valence-corrected chi connectivity index (χ1v) is 11.0. The number of anilines is 1. The van der Waals surface area contributed by atoms with Crippen LogP contribution in [-0.2, 0) is 23.2 Å². The number of aromatic nitrogens is 1. The zero-order valence-electron chi connectivity index (χ0n) is 14.0. The Balaban J connectivity index is 1.78. The van der Waals surface area contributed by atoms with Crippen LogP contribution in [0.2, 0.25) is 5.02 Å². The third-order valence-corrected chi connectivity index (χ3v) is 7.59. The van der Waals surface area contributed by atoms with Crippen LogP contribution in [0.15, 0.2) is 22.7 Å². The average Bonchev–Trinajstić information content (AvgIpc) is 2.97. The normalized spacial score (nSPS) is 15.1. The fourth-order valence-corrected chi connectivity index (χ4v) is 5.23. The molecule has 0 fully saturated rings. The van der Waals surface area contributed by atoms with E-state index in [-0.39, 0.29) is 12.5 Å². The predicted molar refractivity (Wildman–Crippen MR) is 106 cm³/mol. The maximum absolute atomic E-state index is 12.5. The van der Waals surface area contributed by atoms with Gasteiger partial charge in [-0.05, 0) is 18.2 Å². The highest BCUT2D eigenvalue weighted by Crippen LogP contribution is 2.30. The fourth-order valence-electron chi connectivity index (χ4n) is 2.49. The van der Waals surface area contributed by atoms with Crippen molar-refractivity contribution in [3.63, 3.8) is 0 Å². The third kappa shape index (κ3) is 3.95. The summed E-state index contributed by atoms with van der Waals surface area (Å²) in [5, 5.41) is 3.52. The van der Waals surface area contributed by atoms with Crippen LogP contribution in [0.25, 0.3) is 0 Å². The van der Waals surface area contributed by atoms with Crippen LogP contribution in [0.3, 0.4) is 0 Å². The highest BCUT2D eigenvalue weighted by Gasteiger charge is 2.30. The largest absolute Gasteiger partial charge is 0.298 e. The Morgan fingerprint density at radius 3 is 2.85 bits per heavy atom. The van der Waals surface area contributed by atoms with Gasteiger partial charge < -0.3 is 0 Å². The van der Waals surface area contributed by atoms with E-state index in [1.807, 2.05) is 0 Å². The van der Waals surface area contributed by atoms with E-state index in [1.165, 1.54) is 34.0 Å². The summed E-state index contributed by atoms with van der Waals surface area (Å²) in [6.07, 6.45) is 0.506. The number of carbonyl (C=O) groups excluding carboxylic acids is 1. The molecule has 0 saturated carbocycles. The van der Waals surface area contributed by atoms with Crippen molar-refractivity contribution in [1.82, 2.24) is 13.6 Å². The third-order valence-electron chi connectivity index (χ3n) is 3.88. The Bertz CT molecular complexity index is 962. The first-order chi connectivity index (χ1) is 12.2. The molecule has 1 aliphatic heterocycles. The van der Waals surface area contributed by atoms with Crippen molar-refractivity contribution < 1.29 is 13.2 Å². The second kappa shape index (κ2) is 7.53. The lowest BCUT2D eigenvalue weighted by molar-refractivity contribution is 0.102. The molecule has 0 aliphatic carbocycles. The Morgan fingerprint density at radius 1 is 1.42 bits per heavy atom. The highest BCUT2D eigenvalue weighted by molar-refractivity contribution is 9.10. The van der Waals surface area contributed by atoms with Crippen LogP contribution in [0, 0.1) is 0 Å². The molecule has 1 N–H and O–H groups in total. The molecule has 0 radical (unpaired) electrons. The lowest BCUT2D eigenvalue weighted by Crippen LogP contribution is -2.42. The smallest absolute Gasteiger partial charge is 0.281 e. The summed E-state index contributed by atoms with van der Waals surface area (Å²) in [4.78, 5) is 17.7. The van der Waals surface area contributed by atoms with E-state index in [4.69, 9.17) is 11.6 Å².